The number of rotatable bonds is 1. The summed E-state index contributed by atoms with van der Waals surface area (Å²) < 4.78 is 5.85. The number of fused-ring (bicyclic) bond motifs is 3. The van der Waals surface area contributed by atoms with Crippen LogP contribution in [-0.2, 0) is 16.8 Å². The van der Waals surface area contributed by atoms with Crippen LogP contribution in [0.1, 0.15) is 35.6 Å². The van der Waals surface area contributed by atoms with E-state index in [9.17, 15) is 10.1 Å². The summed E-state index contributed by atoms with van der Waals surface area (Å²) >= 11 is 1.65. The highest BCUT2D eigenvalue weighted by Crippen LogP contribution is 2.49. The Morgan fingerprint density at radius 2 is 2.15 bits per heavy atom. The van der Waals surface area contributed by atoms with Gasteiger partial charge in [0.25, 0.3) is 0 Å². The zero-order valence-corrected chi connectivity index (χ0v) is 15.7. The topological polar surface area (TPSA) is 77.2 Å². The summed E-state index contributed by atoms with van der Waals surface area (Å²) in [7, 11) is 1.67. The molecule has 0 radical (unpaired) electrons. The molecule has 0 aliphatic carbocycles. The monoisotopic (exact) mass is 365 g/mol. The maximum atomic E-state index is 12.6. The third-order valence-corrected chi connectivity index (χ3v) is 7.11. The fraction of sp³-hybridized carbons (Fsp3) is 0.350. The molecule has 1 N–H and O–H groups in total. The minimum atomic E-state index is -0.407. The first kappa shape index (κ1) is 16.8. The number of piperidine rings is 1. The highest BCUT2D eigenvalue weighted by Gasteiger charge is 2.46. The van der Waals surface area contributed by atoms with Gasteiger partial charge in [0.2, 0.25) is 5.91 Å². The molecule has 26 heavy (non-hydrogen) atoms. The van der Waals surface area contributed by atoms with Crippen molar-refractivity contribution in [3.63, 3.8) is 0 Å². The third-order valence-electron chi connectivity index (χ3n) is 5.73. The normalized spacial score (nSPS) is 24.5. The van der Waals surface area contributed by atoms with Crippen LogP contribution in [0.2, 0.25) is 0 Å². The highest BCUT2D eigenvalue weighted by atomic mass is 32.1. The van der Waals surface area contributed by atoms with Crippen LogP contribution in [0.3, 0.4) is 0 Å². The average molecular weight is 365 g/mol. The van der Waals surface area contributed by atoms with Gasteiger partial charge in [0, 0.05) is 40.8 Å². The van der Waals surface area contributed by atoms with Gasteiger partial charge < -0.3 is 9.64 Å². The lowest BCUT2D eigenvalue weighted by molar-refractivity contribution is -0.133. The first-order valence-corrected chi connectivity index (χ1v) is 9.32. The van der Waals surface area contributed by atoms with E-state index in [1.54, 1.807) is 24.5 Å². The van der Waals surface area contributed by atoms with Crippen LogP contribution in [0, 0.1) is 22.7 Å². The van der Waals surface area contributed by atoms with Crippen molar-refractivity contribution in [2.24, 2.45) is 5.92 Å². The van der Waals surface area contributed by atoms with Crippen LogP contribution in [-0.4, -0.2) is 23.7 Å². The summed E-state index contributed by atoms with van der Waals surface area (Å²) in [4.78, 5) is 16.2. The number of benzene rings is 1. The molecule has 132 valence electrons. The Labute approximate surface area is 156 Å². The van der Waals surface area contributed by atoms with Gasteiger partial charge >= 0.3 is 0 Å². The molecule has 2 aliphatic rings. The number of nitrogens with zero attached hydrogens (tertiary/aromatic N) is 2. The van der Waals surface area contributed by atoms with E-state index in [-0.39, 0.29) is 11.8 Å². The van der Waals surface area contributed by atoms with Gasteiger partial charge in [-0.25, -0.2) is 0 Å². The van der Waals surface area contributed by atoms with Crippen molar-refractivity contribution in [3.05, 3.63) is 39.6 Å². The molecule has 1 amide bonds. The minimum Gasteiger partial charge on any atom is -0.487 e. The molecule has 0 unspecified atom stereocenters. The van der Waals surface area contributed by atoms with Gasteiger partial charge in [0.15, 0.2) is 0 Å². The first-order valence-electron chi connectivity index (χ1n) is 8.50. The van der Waals surface area contributed by atoms with E-state index < -0.39 is 5.41 Å². The smallest absolute Gasteiger partial charge is 0.231 e. The third kappa shape index (κ3) is 2.27. The zero-order valence-electron chi connectivity index (χ0n) is 14.9. The van der Waals surface area contributed by atoms with Gasteiger partial charge in [0.1, 0.15) is 18.2 Å². The van der Waals surface area contributed by atoms with Crippen molar-refractivity contribution < 1.29 is 9.53 Å². The van der Waals surface area contributed by atoms with Crippen LogP contribution >= 0.6 is 11.3 Å². The fourth-order valence-electron chi connectivity index (χ4n) is 3.74. The molecule has 1 aromatic heterocycles. The van der Waals surface area contributed by atoms with E-state index in [2.05, 4.69) is 19.1 Å². The summed E-state index contributed by atoms with van der Waals surface area (Å²) in [6.07, 6.45) is 0.530. The number of nitriles is 1. The molecule has 1 saturated heterocycles. The average Bonchev–Trinajstić information content (AvgIpc) is 3.10. The molecule has 3 heterocycles. The number of amidine groups is 1. The SMILES string of the molecule is C[C@H]1C(=O)N(C)C(=N)C[C@]1(C)c1cc2c(s1)COc1ccc(C#N)cc1-2. The standard InChI is InChI=1S/C20H19N3O2S/c1-11-19(24)23(3)18(22)8-20(11,2)17-7-14-13-6-12(9-21)4-5-15(13)25-10-16(14)26-17/h4-7,11,22H,8,10H2,1-3H3/t11-,20-/m0/s1. The van der Waals surface area contributed by atoms with Crippen molar-refractivity contribution in [1.29, 1.82) is 10.7 Å². The Morgan fingerprint density at radius 3 is 2.88 bits per heavy atom. The van der Waals surface area contributed by atoms with Crippen LogP contribution < -0.4 is 4.74 Å². The van der Waals surface area contributed by atoms with Gasteiger partial charge in [0.05, 0.1) is 16.5 Å². The maximum Gasteiger partial charge on any atom is 0.231 e. The molecule has 4 rings (SSSR count). The molecule has 0 saturated carbocycles. The number of hydrogen-bond donors (Lipinski definition) is 1. The van der Waals surface area contributed by atoms with Crippen LogP contribution in [0.4, 0.5) is 0 Å². The van der Waals surface area contributed by atoms with E-state index in [1.807, 2.05) is 19.1 Å². The molecule has 0 spiro atoms. The molecule has 2 aromatic rings. The Hall–Kier alpha value is -2.65. The molecule has 0 bridgehead atoms. The van der Waals surface area contributed by atoms with Crippen molar-refractivity contribution >= 4 is 23.1 Å². The van der Waals surface area contributed by atoms with E-state index in [0.29, 0.717) is 24.4 Å². The summed E-state index contributed by atoms with van der Waals surface area (Å²) in [5.74, 6) is 0.919. The summed E-state index contributed by atoms with van der Waals surface area (Å²) in [5.41, 5.74) is 2.20. The zero-order chi connectivity index (χ0) is 18.6. The van der Waals surface area contributed by atoms with Crippen molar-refractivity contribution in [2.45, 2.75) is 32.3 Å². The molecule has 2 aliphatic heterocycles. The van der Waals surface area contributed by atoms with E-state index in [1.165, 1.54) is 4.90 Å². The number of nitrogens with one attached hydrogen (secondary N) is 1. The second kappa shape index (κ2) is 5.68. The lowest BCUT2D eigenvalue weighted by atomic mass is 9.70. The predicted octanol–water partition coefficient (Wildman–Crippen LogP) is 3.91. The van der Waals surface area contributed by atoms with Crippen molar-refractivity contribution in [2.75, 3.05) is 7.05 Å². The number of likely N-dealkylation sites (tertiary alicyclic amines) is 1. The quantitative estimate of drug-likeness (QED) is 0.832. The second-order valence-corrected chi connectivity index (χ2v) is 8.36. The van der Waals surface area contributed by atoms with Crippen LogP contribution in [0.15, 0.2) is 24.3 Å². The Bertz CT molecular complexity index is 987. The van der Waals surface area contributed by atoms with E-state index in [4.69, 9.17) is 10.1 Å². The van der Waals surface area contributed by atoms with Crippen LogP contribution in [0.25, 0.3) is 11.1 Å². The Morgan fingerprint density at radius 1 is 1.38 bits per heavy atom. The van der Waals surface area contributed by atoms with Crippen LogP contribution in [0.5, 0.6) is 5.75 Å². The molecule has 5 nitrogen and oxygen atoms in total. The number of thiophene rings is 1. The van der Waals surface area contributed by atoms with Gasteiger partial charge in [-0.3, -0.25) is 10.2 Å². The fourth-order valence-corrected chi connectivity index (χ4v) is 5.06. The first-order chi connectivity index (χ1) is 12.3. The van der Waals surface area contributed by atoms with E-state index >= 15 is 0 Å². The summed E-state index contributed by atoms with van der Waals surface area (Å²) in [6, 6.07) is 9.77. The van der Waals surface area contributed by atoms with Gasteiger partial charge in [-0.1, -0.05) is 13.8 Å². The number of hydrogen-bond acceptors (Lipinski definition) is 5. The number of amides is 1. The maximum absolute atomic E-state index is 12.6. The van der Waals surface area contributed by atoms with Gasteiger partial charge in [-0.05, 0) is 24.3 Å². The second-order valence-electron chi connectivity index (χ2n) is 7.22. The molecule has 1 aromatic carbocycles. The summed E-state index contributed by atoms with van der Waals surface area (Å²) in [5, 5.41) is 17.4. The largest absolute Gasteiger partial charge is 0.487 e. The van der Waals surface area contributed by atoms with Gasteiger partial charge in [-0.15, -0.1) is 11.3 Å². The van der Waals surface area contributed by atoms with Crippen molar-refractivity contribution in [1.82, 2.24) is 4.90 Å². The predicted molar refractivity (Wildman–Crippen MR) is 100 cm³/mol. The number of ether oxygens (including phenoxy) is 1. The Kier molecular flexibility index (Phi) is 3.67. The van der Waals surface area contributed by atoms with E-state index in [0.717, 1.165) is 26.6 Å². The highest BCUT2D eigenvalue weighted by molar-refractivity contribution is 7.12. The number of carbonyl (C=O) groups is 1. The minimum absolute atomic E-state index is 0.0152. The molecule has 1 fully saturated rings. The Balaban J connectivity index is 1.82. The van der Waals surface area contributed by atoms with Crippen molar-refractivity contribution in [3.8, 4) is 22.9 Å². The summed E-state index contributed by atoms with van der Waals surface area (Å²) in [6.45, 7) is 4.51. The molecular weight excluding hydrogens is 346 g/mol. The van der Waals surface area contributed by atoms with Gasteiger partial charge in [-0.2, -0.15) is 5.26 Å². The number of carbonyl (C=O) groups excluding carboxylic acids is 1. The molecule has 6 heteroatoms. The lowest BCUT2D eigenvalue weighted by Gasteiger charge is -2.42. The lowest BCUT2D eigenvalue weighted by Crippen LogP contribution is -2.52. The molecule has 2 atom stereocenters. The molecular formula is C20H19N3O2S.